The minimum atomic E-state index is -0.950. The summed E-state index contributed by atoms with van der Waals surface area (Å²) in [5, 5.41) is 9.02. The largest absolute Gasteiger partial charge is 0.497 e. The van der Waals surface area contributed by atoms with Crippen molar-refractivity contribution in [2.75, 3.05) is 7.11 Å². The number of carboxylic acid groups (broad SMARTS) is 1. The molecular formula is C14H10I2O4. The van der Waals surface area contributed by atoms with E-state index < -0.39 is 5.97 Å². The normalized spacial score (nSPS) is 10.2. The molecule has 0 bridgehead atoms. The average Bonchev–Trinajstić information content (AvgIpc) is 2.42. The first-order valence-corrected chi connectivity index (χ1v) is 7.71. The zero-order chi connectivity index (χ0) is 14.7. The van der Waals surface area contributed by atoms with Gasteiger partial charge >= 0.3 is 5.97 Å². The van der Waals surface area contributed by atoms with E-state index in [9.17, 15) is 4.79 Å². The highest BCUT2D eigenvalue weighted by Crippen LogP contribution is 2.33. The average molecular weight is 496 g/mol. The van der Waals surface area contributed by atoms with E-state index in [2.05, 4.69) is 45.2 Å². The molecule has 0 spiro atoms. The van der Waals surface area contributed by atoms with Crippen LogP contribution in [0.3, 0.4) is 0 Å². The Kier molecular flexibility index (Phi) is 5.08. The fourth-order valence-corrected chi connectivity index (χ4v) is 3.55. The summed E-state index contributed by atoms with van der Waals surface area (Å²) in [7, 11) is 1.59. The Morgan fingerprint density at radius 2 is 1.70 bits per heavy atom. The van der Waals surface area contributed by atoms with E-state index >= 15 is 0 Å². The molecule has 0 saturated heterocycles. The van der Waals surface area contributed by atoms with Crippen molar-refractivity contribution in [3.05, 3.63) is 49.1 Å². The number of benzene rings is 2. The van der Waals surface area contributed by atoms with Crippen LogP contribution in [0.25, 0.3) is 0 Å². The molecule has 0 radical (unpaired) electrons. The van der Waals surface area contributed by atoms with E-state index in [1.54, 1.807) is 25.3 Å². The topological polar surface area (TPSA) is 55.8 Å². The fraction of sp³-hybridized carbons (Fsp3) is 0.0714. The number of hydrogen-bond donors (Lipinski definition) is 1. The van der Waals surface area contributed by atoms with Gasteiger partial charge in [0.15, 0.2) is 5.75 Å². The lowest BCUT2D eigenvalue weighted by Gasteiger charge is -2.11. The zero-order valence-corrected chi connectivity index (χ0v) is 14.7. The lowest BCUT2D eigenvalue weighted by atomic mass is 10.2. The molecule has 20 heavy (non-hydrogen) atoms. The van der Waals surface area contributed by atoms with E-state index in [1.807, 2.05) is 18.2 Å². The minimum Gasteiger partial charge on any atom is -0.497 e. The van der Waals surface area contributed by atoms with Crippen LogP contribution in [0.5, 0.6) is 17.2 Å². The highest BCUT2D eigenvalue weighted by molar-refractivity contribution is 14.1. The van der Waals surface area contributed by atoms with Crippen molar-refractivity contribution in [2.24, 2.45) is 0 Å². The summed E-state index contributed by atoms with van der Waals surface area (Å²) < 4.78 is 12.5. The van der Waals surface area contributed by atoms with Gasteiger partial charge in [-0.05, 0) is 69.4 Å². The minimum absolute atomic E-state index is 0.247. The second kappa shape index (κ2) is 6.61. The molecule has 0 aromatic heterocycles. The zero-order valence-electron chi connectivity index (χ0n) is 10.4. The van der Waals surface area contributed by atoms with Crippen LogP contribution in [0.4, 0.5) is 0 Å². The number of ether oxygens (including phenoxy) is 2. The Morgan fingerprint density at radius 3 is 2.25 bits per heavy atom. The predicted molar refractivity (Wildman–Crippen MR) is 91.9 cm³/mol. The SMILES string of the molecule is COc1cccc(Oc2c(I)cc(C(=O)O)cc2I)c1. The van der Waals surface area contributed by atoms with Gasteiger partial charge in [-0.25, -0.2) is 4.79 Å². The first-order valence-electron chi connectivity index (χ1n) is 5.55. The number of hydrogen-bond acceptors (Lipinski definition) is 3. The van der Waals surface area contributed by atoms with Crippen LogP contribution in [0.15, 0.2) is 36.4 Å². The van der Waals surface area contributed by atoms with Crippen molar-refractivity contribution in [2.45, 2.75) is 0 Å². The molecule has 104 valence electrons. The van der Waals surface area contributed by atoms with E-state index in [-0.39, 0.29) is 5.56 Å². The predicted octanol–water partition coefficient (Wildman–Crippen LogP) is 4.39. The van der Waals surface area contributed by atoms with Gasteiger partial charge in [0.05, 0.1) is 19.8 Å². The van der Waals surface area contributed by atoms with Crippen LogP contribution in [0.1, 0.15) is 10.4 Å². The summed E-state index contributed by atoms with van der Waals surface area (Å²) in [6.07, 6.45) is 0. The van der Waals surface area contributed by atoms with Crippen molar-refractivity contribution < 1.29 is 19.4 Å². The number of methoxy groups -OCH3 is 1. The molecule has 0 aliphatic heterocycles. The number of rotatable bonds is 4. The summed E-state index contributed by atoms with van der Waals surface area (Å²) in [6.45, 7) is 0. The highest BCUT2D eigenvalue weighted by Gasteiger charge is 2.13. The Morgan fingerprint density at radius 1 is 1.10 bits per heavy atom. The maximum Gasteiger partial charge on any atom is 0.335 e. The monoisotopic (exact) mass is 496 g/mol. The summed E-state index contributed by atoms with van der Waals surface area (Å²) >= 11 is 4.13. The molecule has 0 aliphatic carbocycles. The Hall–Kier alpha value is -1.03. The molecule has 0 saturated carbocycles. The third kappa shape index (κ3) is 3.54. The summed E-state index contributed by atoms with van der Waals surface area (Å²) in [6, 6.07) is 10.4. The van der Waals surface area contributed by atoms with Crippen LogP contribution in [0, 0.1) is 7.14 Å². The number of carbonyl (C=O) groups is 1. The molecule has 4 nitrogen and oxygen atoms in total. The maximum absolute atomic E-state index is 11.0. The van der Waals surface area contributed by atoms with Crippen molar-refractivity contribution >= 4 is 51.2 Å². The molecule has 0 fully saturated rings. The molecule has 2 aromatic rings. The third-order valence-electron chi connectivity index (χ3n) is 2.51. The van der Waals surface area contributed by atoms with E-state index in [0.29, 0.717) is 17.2 Å². The van der Waals surface area contributed by atoms with E-state index in [1.165, 1.54) is 0 Å². The Labute approximate surface area is 143 Å². The maximum atomic E-state index is 11.0. The Balaban J connectivity index is 2.36. The van der Waals surface area contributed by atoms with Crippen molar-refractivity contribution in [1.29, 1.82) is 0 Å². The van der Waals surface area contributed by atoms with Gasteiger partial charge in [-0.15, -0.1) is 0 Å². The van der Waals surface area contributed by atoms with Gasteiger partial charge in [0.25, 0.3) is 0 Å². The van der Waals surface area contributed by atoms with E-state index in [0.717, 1.165) is 7.14 Å². The van der Waals surface area contributed by atoms with Gasteiger partial charge in [-0.2, -0.15) is 0 Å². The summed E-state index contributed by atoms with van der Waals surface area (Å²) in [5.74, 6) is 1.04. The van der Waals surface area contributed by atoms with Crippen molar-refractivity contribution in [3.63, 3.8) is 0 Å². The smallest absolute Gasteiger partial charge is 0.335 e. The van der Waals surface area contributed by atoms with Crippen LogP contribution >= 0.6 is 45.2 Å². The molecule has 0 atom stereocenters. The van der Waals surface area contributed by atoms with Crippen molar-refractivity contribution in [3.8, 4) is 17.2 Å². The van der Waals surface area contributed by atoms with Gasteiger partial charge in [0, 0.05) is 6.07 Å². The number of halogens is 2. The molecule has 2 aromatic carbocycles. The lowest BCUT2D eigenvalue weighted by Crippen LogP contribution is -2.00. The van der Waals surface area contributed by atoms with Crippen molar-refractivity contribution in [1.82, 2.24) is 0 Å². The number of carboxylic acids is 1. The summed E-state index contributed by atoms with van der Waals surface area (Å²) in [5.41, 5.74) is 0.247. The van der Waals surface area contributed by atoms with Crippen LogP contribution in [-0.4, -0.2) is 18.2 Å². The third-order valence-corrected chi connectivity index (χ3v) is 4.11. The molecule has 2 rings (SSSR count). The van der Waals surface area contributed by atoms with Gasteiger partial charge in [-0.3, -0.25) is 0 Å². The molecule has 0 unspecified atom stereocenters. The van der Waals surface area contributed by atoms with Crippen LogP contribution < -0.4 is 9.47 Å². The first kappa shape index (κ1) is 15.4. The van der Waals surface area contributed by atoms with Gasteiger partial charge in [-0.1, -0.05) is 6.07 Å². The van der Waals surface area contributed by atoms with Gasteiger partial charge in [0.1, 0.15) is 11.5 Å². The molecule has 0 amide bonds. The first-order chi connectivity index (χ1) is 9.51. The van der Waals surface area contributed by atoms with Crippen LogP contribution in [-0.2, 0) is 0 Å². The quantitative estimate of drug-likeness (QED) is 0.639. The van der Waals surface area contributed by atoms with Crippen LogP contribution in [0.2, 0.25) is 0 Å². The second-order valence-electron chi connectivity index (χ2n) is 3.86. The molecule has 6 heteroatoms. The standard InChI is InChI=1S/C14H10I2O4/c1-19-9-3-2-4-10(7-9)20-13-11(15)5-8(14(17)18)6-12(13)16/h2-7H,1H3,(H,17,18). The molecular weight excluding hydrogens is 486 g/mol. The van der Waals surface area contributed by atoms with Gasteiger partial charge in [0.2, 0.25) is 0 Å². The molecule has 0 aliphatic rings. The Bertz CT molecular complexity index is 632. The lowest BCUT2D eigenvalue weighted by molar-refractivity contribution is 0.0696. The number of aromatic carboxylic acids is 1. The highest BCUT2D eigenvalue weighted by atomic mass is 127. The second-order valence-corrected chi connectivity index (χ2v) is 6.18. The summed E-state index contributed by atoms with van der Waals surface area (Å²) in [4.78, 5) is 11.0. The van der Waals surface area contributed by atoms with Gasteiger partial charge < -0.3 is 14.6 Å². The molecule has 1 N–H and O–H groups in total. The molecule has 0 heterocycles. The van der Waals surface area contributed by atoms with E-state index in [4.69, 9.17) is 14.6 Å². The fourth-order valence-electron chi connectivity index (χ4n) is 1.56.